The van der Waals surface area contributed by atoms with Gasteiger partial charge < -0.3 is 4.74 Å². The van der Waals surface area contributed by atoms with Gasteiger partial charge in [-0.25, -0.2) is 0 Å². The molecule has 2 aromatic rings. The van der Waals surface area contributed by atoms with Crippen molar-refractivity contribution in [3.05, 3.63) is 59.7 Å². The molecule has 2 aromatic carbocycles. The third-order valence-electron chi connectivity index (χ3n) is 3.46. The molecule has 4 heteroatoms. The Bertz CT molecular complexity index is 726. The molecule has 0 amide bonds. The van der Waals surface area contributed by atoms with Gasteiger partial charge in [0.25, 0.3) is 0 Å². The number of carbonyl (C=O) groups is 1. The second kappa shape index (κ2) is 9.26. The van der Waals surface area contributed by atoms with Crippen molar-refractivity contribution in [2.24, 2.45) is 4.99 Å². The quantitative estimate of drug-likeness (QED) is 0.319. The van der Waals surface area contributed by atoms with Crippen LogP contribution in [0.15, 0.2) is 53.5 Å². The highest BCUT2D eigenvalue weighted by Crippen LogP contribution is 2.19. The van der Waals surface area contributed by atoms with E-state index in [1.54, 1.807) is 42.6 Å². The summed E-state index contributed by atoms with van der Waals surface area (Å²) in [6.45, 7) is 2.10. The van der Waals surface area contributed by atoms with Crippen LogP contribution in [-0.4, -0.2) is 12.2 Å². The lowest BCUT2D eigenvalue weighted by Gasteiger charge is -2.04. The van der Waals surface area contributed by atoms with Crippen molar-refractivity contribution in [3.63, 3.8) is 0 Å². The van der Waals surface area contributed by atoms with Gasteiger partial charge in [-0.1, -0.05) is 31.9 Å². The minimum absolute atomic E-state index is 0.197. The zero-order valence-electron chi connectivity index (χ0n) is 13.7. The summed E-state index contributed by atoms with van der Waals surface area (Å²) in [5.74, 6) is 0.339. The van der Waals surface area contributed by atoms with Gasteiger partial charge in [-0.3, -0.25) is 9.79 Å². The first-order chi connectivity index (χ1) is 11.7. The first-order valence-corrected chi connectivity index (χ1v) is 8.06. The van der Waals surface area contributed by atoms with E-state index in [-0.39, 0.29) is 5.97 Å². The molecule has 0 atom stereocenters. The molecule has 0 aliphatic heterocycles. The van der Waals surface area contributed by atoms with Crippen LogP contribution in [-0.2, 0) is 4.79 Å². The van der Waals surface area contributed by atoms with Gasteiger partial charge in [-0.2, -0.15) is 5.26 Å². The molecule has 0 saturated heterocycles. The van der Waals surface area contributed by atoms with Crippen LogP contribution in [0.4, 0.5) is 5.69 Å². The smallest absolute Gasteiger partial charge is 0.311 e. The summed E-state index contributed by atoms with van der Waals surface area (Å²) < 4.78 is 5.28. The van der Waals surface area contributed by atoms with Gasteiger partial charge in [-0.15, -0.1) is 0 Å². The molecule has 0 unspecified atom stereocenters. The number of ether oxygens (including phenoxy) is 1. The molecular weight excluding hydrogens is 300 g/mol. The van der Waals surface area contributed by atoms with Gasteiger partial charge >= 0.3 is 5.97 Å². The number of unbranched alkanes of at least 4 members (excludes halogenated alkanes) is 2. The van der Waals surface area contributed by atoms with Crippen molar-refractivity contribution in [3.8, 4) is 11.8 Å². The Morgan fingerprint density at radius 3 is 2.46 bits per heavy atom. The molecule has 0 aromatic heterocycles. The fraction of sp³-hybridized carbons (Fsp3) is 0.250. The average Bonchev–Trinajstić information content (AvgIpc) is 2.62. The number of hydrogen-bond acceptors (Lipinski definition) is 4. The van der Waals surface area contributed by atoms with Gasteiger partial charge in [-0.05, 0) is 48.4 Å². The maximum absolute atomic E-state index is 11.7. The number of esters is 1. The topological polar surface area (TPSA) is 62.4 Å². The summed E-state index contributed by atoms with van der Waals surface area (Å²) in [4.78, 5) is 16.0. The summed E-state index contributed by atoms with van der Waals surface area (Å²) >= 11 is 0. The molecule has 0 fully saturated rings. The monoisotopic (exact) mass is 320 g/mol. The van der Waals surface area contributed by atoms with Crippen LogP contribution in [0.2, 0.25) is 0 Å². The number of carbonyl (C=O) groups excluding carboxylic acids is 1. The lowest BCUT2D eigenvalue weighted by molar-refractivity contribution is -0.134. The Morgan fingerprint density at radius 1 is 1.12 bits per heavy atom. The first-order valence-electron chi connectivity index (χ1n) is 8.06. The van der Waals surface area contributed by atoms with Gasteiger partial charge in [0.2, 0.25) is 0 Å². The summed E-state index contributed by atoms with van der Waals surface area (Å²) in [7, 11) is 0. The van der Waals surface area contributed by atoms with Gasteiger partial charge in [0.05, 0.1) is 17.3 Å². The predicted octanol–water partition coefficient (Wildman–Crippen LogP) is 4.79. The molecule has 0 aliphatic carbocycles. The normalized spacial score (nSPS) is 10.5. The van der Waals surface area contributed by atoms with E-state index in [0.29, 0.717) is 17.7 Å². The predicted molar refractivity (Wildman–Crippen MR) is 94.6 cm³/mol. The van der Waals surface area contributed by atoms with E-state index >= 15 is 0 Å². The highest BCUT2D eigenvalue weighted by atomic mass is 16.5. The summed E-state index contributed by atoms with van der Waals surface area (Å²) in [5, 5.41) is 8.77. The van der Waals surface area contributed by atoms with Crippen molar-refractivity contribution in [2.75, 3.05) is 0 Å². The minimum atomic E-state index is -0.197. The molecule has 0 radical (unpaired) electrons. The van der Waals surface area contributed by atoms with Crippen molar-refractivity contribution >= 4 is 17.9 Å². The lowest BCUT2D eigenvalue weighted by Crippen LogP contribution is -2.07. The van der Waals surface area contributed by atoms with Gasteiger partial charge in [0.15, 0.2) is 0 Å². The molecule has 0 N–H and O–H groups in total. The second-order valence-corrected chi connectivity index (χ2v) is 5.42. The van der Waals surface area contributed by atoms with Crippen molar-refractivity contribution < 1.29 is 9.53 Å². The third kappa shape index (κ3) is 5.69. The summed E-state index contributed by atoms with van der Waals surface area (Å²) in [6.07, 6.45) is 5.17. The Hall–Kier alpha value is -2.93. The molecule has 0 heterocycles. The molecule has 4 nitrogen and oxygen atoms in total. The fourth-order valence-electron chi connectivity index (χ4n) is 2.09. The van der Waals surface area contributed by atoms with E-state index in [9.17, 15) is 4.79 Å². The average molecular weight is 320 g/mol. The number of rotatable bonds is 7. The lowest BCUT2D eigenvalue weighted by atomic mass is 10.2. The van der Waals surface area contributed by atoms with E-state index in [1.807, 2.05) is 12.1 Å². The Morgan fingerprint density at radius 2 is 1.83 bits per heavy atom. The molecule has 24 heavy (non-hydrogen) atoms. The maximum Gasteiger partial charge on any atom is 0.311 e. The number of nitriles is 1. The van der Waals surface area contributed by atoms with E-state index in [2.05, 4.69) is 18.0 Å². The highest BCUT2D eigenvalue weighted by Gasteiger charge is 2.04. The molecule has 0 spiro atoms. The van der Waals surface area contributed by atoms with Crippen LogP contribution < -0.4 is 4.74 Å². The zero-order chi connectivity index (χ0) is 17.2. The van der Waals surface area contributed by atoms with E-state index < -0.39 is 0 Å². The van der Waals surface area contributed by atoms with Crippen molar-refractivity contribution in [1.82, 2.24) is 0 Å². The van der Waals surface area contributed by atoms with Crippen LogP contribution in [0, 0.1) is 11.3 Å². The molecule has 2 rings (SSSR count). The standard InChI is InChI=1S/C20H20N2O2/c1-2-3-4-5-20(23)24-19-12-10-18(11-13-19)22-15-17-8-6-16(14-21)7-9-17/h6-13,15H,2-5H2,1H3. The largest absolute Gasteiger partial charge is 0.427 e. The number of hydrogen-bond donors (Lipinski definition) is 0. The van der Waals surface area contributed by atoms with Crippen LogP contribution in [0.1, 0.15) is 43.7 Å². The van der Waals surface area contributed by atoms with E-state index in [1.165, 1.54) is 0 Å². The van der Waals surface area contributed by atoms with Crippen molar-refractivity contribution in [1.29, 1.82) is 5.26 Å². The Kier molecular flexibility index (Phi) is 6.73. The van der Waals surface area contributed by atoms with E-state index in [4.69, 9.17) is 10.00 Å². The van der Waals surface area contributed by atoms with Gasteiger partial charge in [0.1, 0.15) is 5.75 Å². The highest BCUT2D eigenvalue weighted by molar-refractivity contribution is 5.82. The van der Waals surface area contributed by atoms with E-state index in [0.717, 1.165) is 30.5 Å². The summed E-state index contributed by atoms with van der Waals surface area (Å²) in [5.41, 5.74) is 2.31. The molecule has 122 valence electrons. The van der Waals surface area contributed by atoms with Gasteiger partial charge in [0, 0.05) is 12.6 Å². The van der Waals surface area contributed by atoms with Crippen LogP contribution in [0.25, 0.3) is 0 Å². The summed E-state index contributed by atoms with van der Waals surface area (Å²) in [6, 6.07) is 16.3. The van der Waals surface area contributed by atoms with Crippen LogP contribution in [0.3, 0.4) is 0 Å². The number of benzene rings is 2. The molecular formula is C20H20N2O2. The molecule has 0 saturated carbocycles. The van der Waals surface area contributed by atoms with Crippen molar-refractivity contribution in [2.45, 2.75) is 32.6 Å². The molecule has 0 aliphatic rings. The zero-order valence-corrected chi connectivity index (χ0v) is 13.7. The maximum atomic E-state index is 11.7. The molecule has 0 bridgehead atoms. The second-order valence-electron chi connectivity index (χ2n) is 5.42. The minimum Gasteiger partial charge on any atom is -0.427 e. The first kappa shape index (κ1) is 17.4. The van der Waals surface area contributed by atoms with Crippen LogP contribution in [0.5, 0.6) is 5.75 Å². The Labute approximate surface area is 142 Å². The van der Waals surface area contributed by atoms with Crippen LogP contribution >= 0.6 is 0 Å². The fourth-order valence-corrected chi connectivity index (χ4v) is 2.09. The number of aliphatic imine (C=N–C) groups is 1. The third-order valence-corrected chi connectivity index (χ3v) is 3.46. The Balaban J connectivity index is 1.90. The SMILES string of the molecule is CCCCCC(=O)Oc1ccc(N=Cc2ccc(C#N)cc2)cc1. The number of nitrogens with zero attached hydrogens (tertiary/aromatic N) is 2.